The van der Waals surface area contributed by atoms with Crippen LogP contribution in [0.4, 0.5) is 0 Å². The first-order valence-electron chi connectivity index (χ1n) is 3.42. The predicted octanol–water partition coefficient (Wildman–Crippen LogP) is 1.64. The number of carboxylic acids is 1. The molecule has 1 N–H and O–H groups in total. The number of aromatic nitrogens is 1. The maximum atomic E-state index is 10.9. The third-order valence-corrected chi connectivity index (χ3v) is 1.77. The molecule has 0 unspecified atom stereocenters. The van der Waals surface area contributed by atoms with Crippen molar-refractivity contribution in [2.45, 2.75) is 6.92 Å². The van der Waals surface area contributed by atoms with Crippen molar-refractivity contribution in [3.8, 4) is 0 Å². The zero-order chi connectivity index (χ0) is 10.0. The van der Waals surface area contributed by atoms with Gasteiger partial charge in [0, 0.05) is 6.20 Å². The lowest BCUT2D eigenvalue weighted by atomic mass is 10.1. The van der Waals surface area contributed by atoms with Crippen LogP contribution in [0.15, 0.2) is 12.3 Å². The molecule has 1 aromatic rings. The minimum atomic E-state index is -1.13. The van der Waals surface area contributed by atoms with Gasteiger partial charge >= 0.3 is 5.97 Å². The van der Waals surface area contributed by atoms with Crippen molar-refractivity contribution in [2.75, 3.05) is 0 Å². The summed E-state index contributed by atoms with van der Waals surface area (Å²) in [6, 6.07) is 1.21. The second-order valence-electron chi connectivity index (χ2n) is 2.42. The topological polar surface area (TPSA) is 67.3 Å². The van der Waals surface area contributed by atoms with Crippen LogP contribution in [0, 0.1) is 0 Å². The van der Waals surface area contributed by atoms with Gasteiger partial charge in [0.05, 0.1) is 11.1 Å². The third-order valence-electron chi connectivity index (χ3n) is 1.47. The Hall–Kier alpha value is -1.42. The summed E-state index contributed by atoms with van der Waals surface area (Å²) in [7, 11) is 0. The third kappa shape index (κ3) is 2.03. The molecule has 0 bridgehead atoms. The summed E-state index contributed by atoms with van der Waals surface area (Å²) in [6.45, 7) is 1.30. The first-order chi connectivity index (χ1) is 6.02. The minimum Gasteiger partial charge on any atom is -0.478 e. The Kier molecular flexibility index (Phi) is 2.63. The SMILES string of the molecule is CC(=O)c1cc(C(=O)O)cnc1Cl. The van der Waals surface area contributed by atoms with Gasteiger partial charge in [-0.15, -0.1) is 0 Å². The number of carbonyl (C=O) groups excluding carboxylic acids is 1. The molecule has 0 aromatic carbocycles. The summed E-state index contributed by atoms with van der Waals surface area (Å²) in [5.41, 5.74) is 0.0798. The molecule has 0 spiro atoms. The molecule has 0 radical (unpaired) electrons. The molecule has 5 heteroatoms. The number of hydrogen-bond acceptors (Lipinski definition) is 3. The number of carboxylic acid groups (broad SMARTS) is 1. The van der Waals surface area contributed by atoms with E-state index in [1.54, 1.807) is 0 Å². The molecule has 0 aliphatic heterocycles. The van der Waals surface area contributed by atoms with E-state index in [9.17, 15) is 9.59 Å². The lowest BCUT2D eigenvalue weighted by Crippen LogP contribution is -2.02. The van der Waals surface area contributed by atoms with E-state index in [-0.39, 0.29) is 22.1 Å². The molecule has 1 rings (SSSR count). The van der Waals surface area contributed by atoms with Crippen LogP contribution in [0.5, 0.6) is 0 Å². The summed E-state index contributed by atoms with van der Waals surface area (Å²) in [6.07, 6.45) is 1.11. The van der Waals surface area contributed by atoms with E-state index in [4.69, 9.17) is 16.7 Å². The average Bonchev–Trinajstić information content (AvgIpc) is 2.04. The van der Waals surface area contributed by atoms with Crippen LogP contribution in [0.3, 0.4) is 0 Å². The van der Waals surface area contributed by atoms with E-state index in [1.165, 1.54) is 13.0 Å². The molecule has 13 heavy (non-hydrogen) atoms. The van der Waals surface area contributed by atoms with Crippen molar-refractivity contribution >= 4 is 23.4 Å². The van der Waals surface area contributed by atoms with Crippen molar-refractivity contribution < 1.29 is 14.7 Å². The Bertz CT molecular complexity index is 376. The second-order valence-corrected chi connectivity index (χ2v) is 2.78. The molecule has 0 atom stereocenters. The average molecular weight is 200 g/mol. The van der Waals surface area contributed by atoms with Gasteiger partial charge < -0.3 is 5.11 Å². The number of aromatic carboxylic acids is 1. The lowest BCUT2D eigenvalue weighted by Gasteiger charge is -1.99. The van der Waals surface area contributed by atoms with Crippen molar-refractivity contribution in [1.29, 1.82) is 0 Å². The van der Waals surface area contributed by atoms with Crippen LogP contribution < -0.4 is 0 Å². The Morgan fingerprint density at radius 3 is 2.62 bits per heavy atom. The molecule has 0 aliphatic rings. The van der Waals surface area contributed by atoms with E-state index >= 15 is 0 Å². The summed E-state index contributed by atoms with van der Waals surface area (Å²) in [5.74, 6) is -1.44. The van der Waals surface area contributed by atoms with E-state index in [0.29, 0.717) is 0 Å². The van der Waals surface area contributed by atoms with Crippen LogP contribution in [0.2, 0.25) is 5.15 Å². The first-order valence-corrected chi connectivity index (χ1v) is 3.80. The normalized spacial score (nSPS) is 9.69. The number of pyridine rings is 1. The number of ketones is 1. The fourth-order valence-electron chi connectivity index (χ4n) is 0.812. The van der Waals surface area contributed by atoms with Crippen LogP contribution >= 0.6 is 11.6 Å². The largest absolute Gasteiger partial charge is 0.478 e. The Morgan fingerprint density at radius 2 is 2.15 bits per heavy atom. The first kappa shape index (κ1) is 9.67. The summed E-state index contributed by atoms with van der Waals surface area (Å²) >= 11 is 5.57. The quantitative estimate of drug-likeness (QED) is 0.581. The summed E-state index contributed by atoms with van der Waals surface area (Å²) in [4.78, 5) is 25.0. The second kappa shape index (κ2) is 3.53. The Labute approximate surface area is 79.2 Å². The summed E-state index contributed by atoms with van der Waals surface area (Å²) in [5, 5.41) is 8.61. The van der Waals surface area contributed by atoms with E-state index in [1.807, 2.05) is 0 Å². The highest BCUT2D eigenvalue weighted by atomic mass is 35.5. The minimum absolute atomic E-state index is 0.0255. The van der Waals surface area contributed by atoms with Gasteiger partial charge in [0.2, 0.25) is 0 Å². The summed E-state index contributed by atoms with van der Waals surface area (Å²) < 4.78 is 0. The molecular formula is C8H6ClNO3. The fourth-order valence-corrected chi connectivity index (χ4v) is 1.05. The van der Waals surface area contributed by atoms with Gasteiger partial charge in [-0.1, -0.05) is 11.6 Å². The van der Waals surface area contributed by atoms with Crippen LogP contribution in [0.1, 0.15) is 27.6 Å². The van der Waals surface area contributed by atoms with Gasteiger partial charge in [-0.2, -0.15) is 0 Å². The van der Waals surface area contributed by atoms with Gasteiger partial charge in [-0.05, 0) is 13.0 Å². The maximum absolute atomic E-state index is 10.9. The number of carbonyl (C=O) groups is 2. The van der Waals surface area contributed by atoms with Gasteiger partial charge in [0.1, 0.15) is 5.15 Å². The van der Waals surface area contributed by atoms with Gasteiger partial charge in [0.15, 0.2) is 5.78 Å². The van der Waals surface area contributed by atoms with Crippen LogP contribution in [-0.4, -0.2) is 21.8 Å². The van der Waals surface area contributed by atoms with E-state index in [2.05, 4.69) is 4.98 Å². The Balaban J connectivity index is 3.27. The Morgan fingerprint density at radius 1 is 1.54 bits per heavy atom. The molecular weight excluding hydrogens is 194 g/mol. The zero-order valence-electron chi connectivity index (χ0n) is 6.74. The highest BCUT2D eigenvalue weighted by Gasteiger charge is 2.11. The van der Waals surface area contributed by atoms with Gasteiger partial charge in [0.25, 0.3) is 0 Å². The highest BCUT2D eigenvalue weighted by molar-refractivity contribution is 6.32. The lowest BCUT2D eigenvalue weighted by molar-refractivity contribution is 0.0696. The van der Waals surface area contributed by atoms with Crippen molar-refractivity contribution in [3.63, 3.8) is 0 Å². The van der Waals surface area contributed by atoms with Gasteiger partial charge in [-0.25, -0.2) is 9.78 Å². The molecule has 1 aromatic heterocycles. The number of nitrogens with zero attached hydrogens (tertiary/aromatic N) is 1. The number of halogens is 1. The molecule has 0 fully saturated rings. The molecule has 0 aliphatic carbocycles. The molecule has 1 heterocycles. The van der Waals surface area contributed by atoms with Crippen molar-refractivity contribution in [1.82, 2.24) is 4.98 Å². The maximum Gasteiger partial charge on any atom is 0.337 e. The van der Waals surface area contributed by atoms with Crippen molar-refractivity contribution in [3.05, 3.63) is 28.5 Å². The molecule has 0 saturated carbocycles. The molecule has 0 saturated heterocycles. The van der Waals surface area contributed by atoms with Crippen LogP contribution in [-0.2, 0) is 0 Å². The number of rotatable bonds is 2. The molecule has 0 amide bonds. The van der Waals surface area contributed by atoms with E-state index in [0.717, 1.165) is 6.20 Å². The zero-order valence-corrected chi connectivity index (χ0v) is 7.50. The van der Waals surface area contributed by atoms with E-state index < -0.39 is 5.97 Å². The highest BCUT2D eigenvalue weighted by Crippen LogP contribution is 2.14. The smallest absolute Gasteiger partial charge is 0.337 e. The number of Topliss-reactive ketones (excluding diaryl/α,β-unsaturated/α-hetero) is 1. The fraction of sp³-hybridized carbons (Fsp3) is 0.125. The molecule has 68 valence electrons. The standard InChI is InChI=1S/C8H6ClNO3/c1-4(11)6-2-5(8(12)13)3-10-7(6)9/h2-3H,1H3,(H,12,13). The van der Waals surface area contributed by atoms with Crippen LogP contribution in [0.25, 0.3) is 0 Å². The van der Waals surface area contributed by atoms with Crippen molar-refractivity contribution in [2.24, 2.45) is 0 Å². The predicted molar refractivity (Wildman–Crippen MR) is 46.2 cm³/mol. The monoisotopic (exact) mass is 199 g/mol. The number of hydrogen-bond donors (Lipinski definition) is 1. The van der Waals surface area contributed by atoms with Gasteiger partial charge in [-0.3, -0.25) is 4.79 Å². The molecule has 4 nitrogen and oxygen atoms in total.